The molecule has 2 aliphatic rings. The molecule has 1 N–H and O–H groups in total. The molecule has 0 spiro atoms. The first-order valence-electron chi connectivity index (χ1n) is 8.25. The second kappa shape index (κ2) is 7.88. The van der Waals surface area contributed by atoms with Gasteiger partial charge in [0.25, 0.3) is 0 Å². The molecule has 2 aliphatic carbocycles. The molecule has 3 heteroatoms. The third-order valence-electron chi connectivity index (χ3n) is 4.91. The lowest BCUT2D eigenvalue weighted by atomic mass is 9.94. The first-order chi connectivity index (χ1) is 9.27. The van der Waals surface area contributed by atoms with Crippen molar-refractivity contribution in [2.75, 3.05) is 20.1 Å². The Bertz CT molecular complexity index is 268. The Kier molecular flexibility index (Phi) is 6.15. The van der Waals surface area contributed by atoms with Crippen LogP contribution in [0.5, 0.6) is 0 Å². The van der Waals surface area contributed by atoms with E-state index in [1.807, 2.05) is 0 Å². The molecule has 0 heterocycles. The van der Waals surface area contributed by atoms with Crippen LogP contribution in [0.15, 0.2) is 0 Å². The summed E-state index contributed by atoms with van der Waals surface area (Å²) in [7, 11) is 2.24. The summed E-state index contributed by atoms with van der Waals surface area (Å²) in [5.74, 6) is 0.619. The van der Waals surface area contributed by atoms with E-state index < -0.39 is 0 Å². The summed E-state index contributed by atoms with van der Waals surface area (Å²) in [5, 5.41) is 3.12. The van der Waals surface area contributed by atoms with Crippen molar-refractivity contribution < 1.29 is 4.79 Å². The number of carbonyl (C=O) groups excluding carboxylic acids is 1. The lowest BCUT2D eigenvalue weighted by Crippen LogP contribution is -2.36. The van der Waals surface area contributed by atoms with Crippen LogP contribution in [0.3, 0.4) is 0 Å². The highest BCUT2D eigenvalue weighted by molar-refractivity contribution is 5.78. The van der Waals surface area contributed by atoms with E-state index in [0.29, 0.717) is 11.8 Å². The van der Waals surface area contributed by atoms with Gasteiger partial charge in [0, 0.05) is 18.5 Å². The lowest BCUT2D eigenvalue weighted by molar-refractivity contribution is -0.124. The smallest absolute Gasteiger partial charge is 0.223 e. The predicted octanol–water partition coefficient (Wildman–Crippen LogP) is 2.95. The molecular formula is C16H30N2O. The SMILES string of the molecule is CN(CCCNC(=O)C1CCCC1)C1CCCCC1. The Morgan fingerprint density at radius 2 is 1.68 bits per heavy atom. The van der Waals surface area contributed by atoms with E-state index in [2.05, 4.69) is 17.3 Å². The maximum Gasteiger partial charge on any atom is 0.223 e. The first-order valence-corrected chi connectivity index (χ1v) is 8.25. The van der Waals surface area contributed by atoms with Gasteiger partial charge in [-0.15, -0.1) is 0 Å². The van der Waals surface area contributed by atoms with Gasteiger partial charge in [-0.1, -0.05) is 32.1 Å². The fourth-order valence-electron chi connectivity index (χ4n) is 3.58. The van der Waals surface area contributed by atoms with Gasteiger partial charge < -0.3 is 10.2 Å². The second-order valence-electron chi connectivity index (χ2n) is 6.40. The summed E-state index contributed by atoms with van der Waals surface area (Å²) in [4.78, 5) is 14.4. The molecule has 1 amide bonds. The number of carbonyl (C=O) groups is 1. The van der Waals surface area contributed by atoms with Crippen LogP contribution >= 0.6 is 0 Å². The quantitative estimate of drug-likeness (QED) is 0.750. The van der Waals surface area contributed by atoms with E-state index in [-0.39, 0.29) is 0 Å². The zero-order chi connectivity index (χ0) is 13.5. The fourth-order valence-corrected chi connectivity index (χ4v) is 3.58. The van der Waals surface area contributed by atoms with E-state index >= 15 is 0 Å². The van der Waals surface area contributed by atoms with Crippen molar-refractivity contribution in [2.24, 2.45) is 5.92 Å². The van der Waals surface area contributed by atoms with Gasteiger partial charge in [-0.2, -0.15) is 0 Å². The van der Waals surface area contributed by atoms with Gasteiger partial charge in [-0.25, -0.2) is 0 Å². The van der Waals surface area contributed by atoms with Crippen molar-refractivity contribution in [2.45, 2.75) is 70.3 Å². The fraction of sp³-hybridized carbons (Fsp3) is 0.938. The highest BCUT2D eigenvalue weighted by atomic mass is 16.1. The maximum atomic E-state index is 11.9. The minimum Gasteiger partial charge on any atom is -0.356 e. The lowest BCUT2D eigenvalue weighted by Gasteiger charge is -2.31. The molecule has 0 aromatic heterocycles. The van der Waals surface area contributed by atoms with Gasteiger partial charge in [0.2, 0.25) is 5.91 Å². The van der Waals surface area contributed by atoms with Crippen LogP contribution in [-0.2, 0) is 4.79 Å². The van der Waals surface area contributed by atoms with Crippen molar-refractivity contribution in [3.63, 3.8) is 0 Å². The first kappa shape index (κ1) is 14.8. The Morgan fingerprint density at radius 1 is 1.05 bits per heavy atom. The Hall–Kier alpha value is -0.570. The predicted molar refractivity (Wildman–Crippen MR) is 79.1 cm³/mol. The summed E-state index contributed by atoms with van der Waals surface area (Å²) in [6.07, 6.45) is 12.7. The second-order valence-corrected chi connectivity index (χ2v) is 6.40. The van der Waals surface area contributed by atoms with Crippen LogP contribution in [0, 0.1) is 5.92 Å². The van der Waals surface area contributed by atoms with Crippen molar-refractivity contribution in [3.8, 4) is 0 Å². The van der Waals surface area contributed by atoms with E-state index in [9.17, 15) is 4.79 Å². The molecule has 0 aliphatic heterocycles. The van der Waals surface area contributed by atoms with Gasteiger partial charge in [0.1, 0.15) is 0 Å². The van der Waals surface area contributed by atoms with Crippen LogP contribution in [0.2, 0.25) is 0 Å². The zero-order valence-electron chi connectivity index (χ0n) is 12.5. The van der Waals surface area contributed by atoms with Gasteiger partial charge in [0.15, 0.2) is 0 Å². The maximum absolute atomic E-state index is 11.9. The molecule has 19 heavy (non-hydrogen) atoms. The molecule has 110 valence electrons. The number of nitrogens with zero attached hydrogens (tertiary/aromatic N) is 1. The summed E-state index contributed by atoms with van der Waals surface area (Å²) in [5.41, 5.74) is 0. The van der Waals surface area contributed by atoms with E-state index in [0.717, 1.165) is 38.4 Å². The van der Waals surface area contributed by atoms with E-state index in [4.69, 9.17) is 0 Å². The number of rotatable bonds is 6. The topological polar surface area (TPSA) is 32.3 Å². The number of hydrogen-bond donors (Lipinski definition) is 1. The highest BCUT2D eigenvalue weighted by Gasteiger charge is 2.22. The highest BCUT2D eigenvalue weighted by Crippen LogP contribution is 2.24. The zero-order valence-corrected chi connectivity index (χ0v) is 12.5. The van der Waals surface area contributed by atoms with Gasteiger partial charge >= 0.3 is 0 Å². The number of amides is 1. The molecule has 0 atom stereocenters. The normalized spacial score (nSPS) is 22.0. The average Bonchev–Trinajstić information content (AvgIpc) is 2.98. The van der Waals surface area contributed by atoms with Crippen LogP contribution < -0.4 is 5.32 Å². The van der Waals surface area contributed by atoms with E-state index in [1.54, 1.807) is 0 Å². The van der Waals surface area contributed by atoms with Crippen molar-refractivity contribution in [1.82, 2.24) is 10.2 Å². The molecule has 2 fully saturated rings. The molecule has 0 unspecified atom stereocenters. The molecular weight excluding hydrogens is 236 g/mol. The Labute approximate surface area is 118 Å². The molecule has 0 saturated heterocycles. The molecule has 2 saturated carbocycles. The summed E-state index contributed by atoms with van der Waals surface area (Å²) >= 11 is 0. The summed E-state index contributed by atoms with van der Waals surface area (Å²) < 4.78 is 0. The third kappa shape index (κ3) is 4.79. The molecule has 3 nitrogen and oxygen atoms in total. The Morgan fingerprint density at radius 3 is 2.37 bits per heavy atom. The van der Waals surface area contributed by atoms with Crippen molar-refractivity contribution >= 4 is 5.91 Å². The summed E-state index contributed by atoms with van der Waals surface area (Å²) in [6, 6.07) is 0.791. The molecule has 0 aromatic rings. The molecule has 0 radical (unpaired) electrons. The van der Waals surface area contributed by atoms with Gasteiger partial charge in [-0.05, 0) is 45.7 Å². The number of hydrogen-bond acceptors (Lipinski definition) is 2. The molecule has 0 aromatic carbocycles. The largest absolute Gasteiger partial charge is 0.356 e. The minimum absolute atomic E-state index is 0.304. The molecule has 0 bridgehead atoms. The standard InChI is InChI=1S/C16H30N2O/c1-18(15-10-3-2-4-11-15)13-7-12-17-16(19)14-8-5-6-9-14/h14-15H,2-13H2,1H3,(H,17,19). The van der Waals surface area contributed by atoms with Crippen molar-refractivity contribution in [3.05, 3.63) is 0 Å². The van der Waals surface area contributed by atoms with Crippen LogP contribution in [0.4, 0.5) is 0 Å². The third-order valence-corrected chi connectivity index (χ3v) is 4.91. The van der Waals surface area contributed by atoms with Gasteiger partial charge in [-0.3, -0.25) is 4.79 Å². The van der Waals surface area contributed by atoms with Crippen molar-refractivity contribution in [1.29, 1.82) is 0 Å². The van der Waals surface area contributed by atoms with Crippen LogP contribution in [0.25, 0.3) is 0 Å². The van der Waals surface area contributed by atoms with Crippen LogP contribution in [0.1, 0.15) is 64.2 Å². The summed E-state index contributed by atoms with van der Waals surface area (Å²) in [6.45, 7) is 1.97. The average molecular weight is 266 g/mol. The Balaban J connectivity index is 1.54. The molecule has 2 rings (SSSR count). The monoisotopic (exact) mass is 266 g/mol. The van der Waals surface area contributed by atoms with Gasteiger partial charge in [0.05, 0.1) is 0 Å². The van der Waals surface area contributed by atoms with Crippen LogP contribution in [-0.4, -0.2) is 37.0 Å². The number of nitrogens with one attached hydrogen (secondary N) is 1. The minimum atomic E-state index is 0.304. The van der Waals surface area contributed by atoms with E-state index in [1.165, 1.54) is 44.9 Å².